The Bertz CT molecular complexity index is 1380. The van der Waals surface area contributed by atoms with E-state index in [1.54, 1.807) is 45.0 Å². The van der Waals surface area contributed by atoms with Crippen LogP contribution in [0.15, 0.2) is 69.4 Å². The van der Waals surface area contributed by atoms with Crippen LogP contribution in [0, 0.1) is 0 Å². The zero-order valence-electron chi connectivity index (χ0n) is 19.5. The molecule has 1 aliphatic carbocycles. The molecule has 1 aliphatic rings. The number of thiophene rings is 1. The maximum Gasteiger partial charge on any atom is 0.333 e. The van der Waals surface area contributed by atoms with Gasteiger partial charge in [-0.15, -0.1) is 11.3 Å². The van der Waals surface area contributed by atoms with Crippen LogP contribution < -0.4 is 4.72 Å². The Hall–Kier alpha value is -2.89. The number of carbonyl (C=O) groups excluding carboxylic acids is 1. The average molecular weight is 523 g/mol. The molecule has 0 unspecified atom stereocenters. The van der Waals surface area contributed by atoms with E-state index in [1.165, 1.54) is 12.1 Å². The number of carbonyl (C=O) groups is 1. The van der Waals surface area contributed by atoms with Crippen LogP contribution in [0.1, 0.15) is 44.9 Å². The van der Waals surface area contributed by atoms with Crippen molar-refractivity contribution >= 4 is 27.3 Å². The Morgan fingerprint density at radius 3 is 2.40 bits per heavy atom. The number of benzene rings is 1. The minimum atomic E-state index is -4.24. The van der Waals surface area contributed by atoms with Gasteiger partial charge in [-0.05, 0) is 44.0 Å². The third kappa shape index (κ3) is 4.80. The number of hydrogen-bond acceptors (Lipinski definition) is 7. The van der Waals surface area contributed by atoms with Crippen molar-refractivity contribution in [3.8, 4) is 10.6 Å². The first-order chi connectivity index (χ1) is 16.1. The first-order valence-electron chi connectivity index (χ1n) is 10.6. The standard InChI is InChI=1S/C24H24F2N2O5S2/c1-14-20(15-9-7-6-8-10-15)24(14,21(29)32-22(2,3)4)28-35(30,31)19-12-11-17(34-19)16-13-18(33-27-16)23(5,25)26/h6-13,20,28H,1H2,2-5H3/t20-,24+/m1/s1. The monoisotopic (exact) mass is 522 g/mol. The molecule has 0 radical (unpaired) electrons. The Balaban J connectivity index is 1.67. The van der Waals surface area contributed by atoms with Crippen LogP contribution in [-0.2, 0) is 25.5 Å². The Labute approximate surface area is 205 Å². The number of nitrogens with zero attached hydrogens (tertiary/aromatic N) is 1. The minimum absolute atomic E-state index is 0.0767. The smallest absolute Gasteiger partial charge is 0.333 e. The van der Waals surface area contributed by atoms with Gasteiger partial charge in [0.2, 0.25) is 5.76 Å². The first kappa shape index (κ1) is 25.2. The van der Waals surface area contributed by atoms with E-state index < -0.39 is 44.7 Å². The Morgan fingerprint density at radius 1 is 1.17 bits per heavy atom. The average Bonchev–Trinajstić information content (AvgIpc) is 3.19. The van der Waals surface area contributed by atoms with Gasteiger partial charge < -0.3 is 9.26 Å². The lowest BCUT2D eigenvalue weighted by molar-refractivity contribution is -0.157. The summed E-state index contributed by atoms with van der Waals surface area (Å²) in [5, 5.41) is 3.62. The fourth-order valence-electron chi connectivity index (χ4n) is 3.72. The molecule has 3 aromatic rings. The number of hydrogen-bond donors (Lipinski definition) is 1. The van der Waals surface area contributed by atoms with E-state index in [0.29, 0.717) is 22.9 Å². The topological polar surface area (TPSA) is 98.5 Å². The van der Waals surface area contributed by atoms with E-state index in [2.05, 4.69) is 16.5 Å². The van der Waals surface area contributed by atoms with Crippen molar-refractivity contribution in [3.05, 3.63) is 72.0 Å². The minimum Gasteiger partial charge on any atom is -0.458 e. The van der Waals surface area contributed by atoms with Gasteiger partial charge in [0.15, 0.2) is 5.54 Å². The molecule has 7 nitrogen and oxygen atoms in total. The predicted octanol–water partition coefficient (Wildman–Crippen LogP) is 5.23. The van der Waals surface area contributed by atoms with Gasteiger partial charge in [-0.2, -0.15) is 13.5 Å². The van der Waals surface area contributed by atoms with Gasteiger partial charge in [0.25, 0.3) is 10.0 Å². The van der Waals surface area contributed by atoms with E-state index >= 15 is 0 Å². The highest BCUT2D eigenvalue weighted by Gasteiger charge is 2.68. The van der Waals surface area contributed by atoms with Crippen molar-refractivity contribution in [1.29, 1.82) is 0 Å². The summed E-state index contributed by atoms with van der Waals surface area (Å²) in [6.07, 6.45) is 0. The van der Waals surface area contributed by atoms with Crippen LogP contribution in [0.5, 0.6) is 0 Å². The molecule has 0 amide bonds. The van der Waals surface area contributed by atoms with Gasteiger partial charge in [0.05, 0.1) is 4.88 Å². The van der Waals surface area contributed by atoms with Gasteiger partial charge in [-0.25, -0.2) is 13.2 Å². The maximum absolute atomic E-state index is 13.5. The summed E-state index contributed by atoms with van der Waals surface area (Å²) in [4.78, 5) is 13.6. The molecule has 2 heterocycles. The number of ether oxygens (including phenoxy) is 1. The third-order valence-corrected chi connectivity index (χ3v) is 8.46. The lowest BCUT2D eigenvalue weighted by Gasteiger charge is -2.25. The second kappa shape index (κ2) is 8.35. The van der Waals surface area contributed by atoms with Crippen molar-refractivity contribution in [1.82, 2.24) is 9.88 Å². The van der Waals surface area contributed by atoms with Crippen LogP contribution in [0.25, 0.3) is 10.6 Å². The summed E-state index contributed by atoms with van der Waals surface area (Å²) in [6, 6.07) is 12.8. The highest BCUT2D eigenvalue weighted by molar-refractivity contribution is 7.91. The molecule has 0 bridgehead atoms. The summed E-state index contributed by atoms with van der Waals surface area (Å²) in [7, 11) is -4.24. The van der Waals surface area contributed by atoms with E-state index in [-0.39, 0.29) is 9.90 Å². The van der Waals surface area contributed by atoms with Crippen molar-refractivity contribution in [2.24, 2.45) is 0 Å². The normalized spacial score (nSPS) is 20.6. The van der Waals surface area contributed by atoms with E-state index in [9.17, 15) is 22.0 Å². The molecule has 11 heteroatoms. The molecule has 0 spiro atoms. The quantitative estimate of drug-likeness (QED) is 0.337. The summed E-state index contributed by atoms with van der Waals surface area (Å²) in [5.41, 5.74) is -1.38. The molecule has 0 saturated heterocycles. The lowest BCUT2D eigenvalue weighted by atomic mass is 10.1. The Kier molecular flexibility index (Phi) is 6.02. The lowest BCUT2D eigenvalue weighted by Crippen LogP contribution is -2.47. The van der Waals surface area contributed by atoms with Crippen LogP contribution in [0.4, 0.5) is 8.78 Å². The SMILES string of the molecule is C=C1[C@H](c2ccccc2)[C@]1(NS(=O)(=O)c1ccc(-c2cc(C(C)(F)F)on2)s1)C(=O)OC(C)(C)C. The van der Waals surface area contributed by atoms with Crippen molar-refractivity contribution < 1.29 is 31.3 Å². The molecule has 35 heavy (non-hydrogen) atoms. The highest BCUT2D eigenvalue weighted by atomic mass is 32.2. The van der Waals surface area contributed by atoms with Gasteiger partial charge in [-0.3, -0.25) is 0 Å². The van der Waals surface area contributed by atoms with Gasteiger partial charge >= 0.3 is 11.9 Å². The number of halogens is 2. The molecule has 1 aromatic carbocycles. The number of esters is 1. The van der Waals surface area contributed by atoms with Gasteiger partial charge in [-0.1, -0.05) is 42.1 Å². The van der Waals surface area contributed by atoms with E-state index in [1.807, 2.05) is 6.07 Å². The van der Waals surface area contributed by atoms with Crippen molar-refractivity contribution in [2.45, 2.75) is 54.9 Å². The predicted molar refractivity (Wildman–Crippen MR) is 127 cm³/mol. The highest BCUT2D eigenvalue weighted by Crippen LogP contribution is 2.58. The van der Waals surface area contributed by atoms with E-state index in [4.69, 9.17) is 9.26 Å². The molecule has 0 aliphatic heterocycles. The maximum atomic E-state index is 13.5. The summed E-state index contributed by atoms with van der Waals surface area (Å²) in [5.74, 6) is -5.22. The van der Waals surface area contributed by atoms with Crippen LogP contribution in [0.3, 0.4) is 0 Å². The zero-order chi connectivity index (χ0) is 25.8. The molecule has 2 atom stereocenters. The van der Waals surface area contributed by atoms with Crippen LogP contribution in [-0.4, -0.2) is 30.7 Å². The second-order valence-corrected chi connectivity index (χ2v) is 12.4. The van der Waals surface area contributed by atoms with Crippen LogP contribution in [0.2, 0.25) is 0 Å². The Morgan fingerprint density at radius 2 is 1.83 bits per heavy atom. The molecule has 1 fully saturated rings. The molecule has 186 valence electrons. The molecule has 4 rings (SSSR count). The first-order valence-corrected chi connectivity index (χ1v) is 12.9. The number of alkyl halides is 2. The fourth-order valence-corrected chi connectivity index (χ4v) is 6.35. The number of aromatic nitrogens is 1. The third-order valence-electron chi connectivity index (χ3n) is 5.40. The zero-order valence-corrected chi connectivity index (χ0v) is 21.1. The number of rotatable bonds is 7. The number of sulfonamides is 1. The molecule has 2 aromatic heterocycles. The van der Waals surface area contributed by atoms with Gasteiger partial charge in [0.1, 0.15) is 15.5 Å². The largest absolute Gasteiger partial charge is 0.458 e. The second-order valence-electron chi connectivity index (χ2n) is 9.37. The summed E-state index contributed by atoms with van der Waals surface area (Å²) in [6.45, 7) is 9.71. The van der Waals surface area contributed by atoms with Crippen molar-refractivity contribution in [2.75, 3.05) is 0 Å². The molecular weight excluding hydrogens is 498 g/mol. The summed E-state index contributed by atoms with van der Waals surface area (Å²) >= 11 is 0.809. The molecule has 1 N–H and O–H groups in total. The summed E-state index contributed by atoms with van der Waals surface area (Å²) < 4.78 is 66.4. The number of nitrogens with one attached hydrogen (secondary N) is 1. The van der Waals surface area contributed by atoms with Crippen molar-refractivity contribution in [3.63, 3.8) is 0 Å². The molecular formula is C24H24F2N2O5S2. The molecule has 1 saturated carbocycles. The fraction of sp³-hybridized carbons (Fsp3) is 0.333. The van der Waals surface area contributed by atoms with E-state index in [0.717, 1.165) is 17.4 Å². The van der Waals surface area contributed by atoms with Gasteiger partial charge in [0, 0.05) is 18.9 Å². The van der Waals surface area contributed by atoms with Crippen LogP contribution >= 0.6 is 11.3 Å².